The Balaban J connectivity index is 1.79. The van der Waals surface area contributed by atoms with Crippen LogP contribution in [-0.2, 0) is 32.3 Å². The lowest BCUT2D eigenvalue weighted by Crippen LogP contribution is -2.33. The van der Waals surface area contributed by atoms with Gasteiger partial charge < -0.3 is 10.1 Å². The van der Waals surface area contributed by atoms with Crippen molar-refractivity contribution in [1.82, 2.24) is 5.32 Å². The van der Waals surface area contributed by atoms with Crippen LogP contribution in [0.3, 0.4) is 0 Å². The molecule has 0 unspecified atom stereocenters. The molecule has 170 valence electrons. The maximum Gasteiger partial charge on any atom is 0.416 e. The number of anilines is 1. The van der Waals surface area contributed by atoms with Gasteiger partial charge in [0.05, 0.1) is 30.7 Å². The van der Waals surface area contributed by atoms with Crippen molar-refractivity contribution in [2.75, 3.05) is 30.3 Å². The van der Waals surface area contributed by atoms with Crippen LogP contribution in [0.15, 0.2) is 54.6 Å². The van der Waals surface area contributed by atoms with Crippen molar-refractivity contribution < 1.29 is 31.1 Å². The number of halogens is 3. The highest BCUT2D eigenvalue weighted by Gasteiger charge is 2.31. The second kappa shape index (κ2) is 11.1. The summed E-state index contributed by atoms with van der Waals surface area (Å²) in [5.41, 5.74) is -0.0109. The van der Waals surface area contributed by atoms with E-state index < -0.39 is 21.8 Å². The first kappa shape index (κ1) is 24.7. The molecule has 2 rings (SSSR count). The number of benzene rings is 2. The fourth-order valence-electron chi connectivity index (χ4n) is 2.82. The molecule has 0 saturated carbocycles. The van der Waals surface area contributed by atoms with Crippen LogP contribution in [0.5, 0.6) is 0 Å². The summed E-state index contributed by atoms with van der Waals surface area (Å²) in [6, 6.07) is 13.7. The van der Waals surface area contributed by atoms with Crippen molar-refractivity contribution in [3.8, 4) is 0 Å². The minimum absolute atomic E-state index is 0.0314. The highest BCUT2D eigenvalue weighted by molar-refractivity contribution is 7.92. The first-order valence-corrected chi connectivity index (χ1v) is 11.5. The van der Waals surface area contributed by atoms with E-state index in [0.717, 1.165) is 34.3 Å². The standard InChI is InChI=1S/C21H25F3N2O4S/c1-31(28,29)26(19-10-5-9-18(15-19)21(22,23)24)13-6-11-20(27)25-12-14-30-16-17-7-3-2-4-8-17/h2-5,7-10,15H,6,11-14,16H2,1H3,(H,25,27). The maximum absolute atomic E-state index is 12.9. The van der Waals surface area contributed by atoms with E-state index in [1.165, 1.54) is 6.07 Å². The number of carbonyl (C=O) groups is 1. The molecule has 0 aliphatic carbocycles. The van der Waals surface area contributed by atoms with E-state index in [1.54, 1.807) is 0 Å². The summed E-state index contributed by atoms with van der Waals surface area (Å²) in [5.74, 6) is -0.291. The van der Waals surface area contributed by atoms with E-state index in [1.807, 2.05) is 30.3 Å². The van der Waals surface area contributed by atoms with E-state index in [2.05, 4.69) is 5.32 Å². The maximum atomic E-state index is 12.9. The molecule has 10 heteroatoms. The van der Waals surface area contributed by atoms with Gasteiger partial charge in [-0.25, -0.2) is 8.42 Å². The molecule has 0 radical (unpaired) electrons. The lowest BCUT2D eigenvalue weighted by atomic mass is 10.2. The molecule has 2 aromatic carbocycles. The molecular formula is C21H25F3N2O4S. The molecule has 0 spiro atoms. The zero-order chi connectivity index (χ0) is 22.9. The van der Waals surface area contributed by atoms with Crippen LogP contribution < -0.4 is 9.62 Å². The Labute approximate surface area is 180 Å². The zero-order valence-electron chi connectivity index (χ0n) is 17.1. The predicted molar refractivity (Wildman–Crippen MR) is 112 cm³/mol. The van der Waals surface area contributed by atoms with Gasteiger partial charge in [-0.2, -0.15) is 13.2 Å². The summed E-state index contributed by atoms with van der Waals surface area (Å²) in [6.07, 6.45) is -3.48. The minimum atomic E-state index is -4.58. The first-order valence-electron chi connectivity index (χ1n) is 9.61. The van der Waals surface area contributed by atoms with Crippen molar-refractivity contribution in [1.29, 1.82) is 0 Å². The van der Waals surface area contributed by atoms with Gasteiger partial charge in [0.2, 0.25) is 15.9 Å². The molecule has 0 aliphatic heterocycles. The molecule has 0 atom stereocenters. The van der Waals surface area contributed by atoms with E-state index in [9.17, 15) is 26.4 Å². The summed E-state index contributed by atoms with van der Waals surface area (Å²) in [5, 5.41) is 2.67. The number of sulfonamides is 1. The minimum Gasteiger partial charge on any atom is -0.375 e. The van der Waals surface area contributed by atoms with E-state index in [-0.39, 0.29) is 31.0 Å². The molecule has 0 aliphatic rings. The third-order valence-corrected chi connectivity index (χ3v) is 5.50. The smallest absolute Gasteiger partial charge is 0.375 e. The molecule has 0 heterocycles. The normalized spacial score (nSPS) is 11.9. The quantitative estimate of drug-likeness (QED) is 0.523. The number of ether oxygens (including phenoxy) is 1. The fraction of sp³-hybridized carbons (Fsp3) is 0.381. The topological polar surface area (TPSA) is 75.7 Å². The third-order valence-electron chi connectivity index (χ3n) is 4.31. The molecule has 1 N–H and O–H groups in total. The van der Waals surface area contributed by atoms with E-state index in [4.69, 9.17) is 4.74 Å². The number of rotatable bonds is 11. The van der Waals surface area contributed by atoms with Crippen LogP contribution in [0.25, 0.3) is 0 Å². The average Bonchev–Trinajstić information content (AvgIpc) is 2.70. The number of nitrogens with one attached hydrogen (secondary N) is 1. The van der Waals surface area contributed by atoms with Crippen molar-refractivity contribution in [2.24, 2.45) is 0 Å². The Hall–Kier alpha value is -2.59. The Bertz CT molecular complexity index is 951. The van der Waals surface area contributed by atoms with E-state index in [0.29, 0.717) is 19.8 Å². The van der Waals surface area contributed by atoms with Gasteiger partial charge >= 0.3 is 6.18 Å². The van der Waals surface area contributed by atoms with Gasteiger partial charge in [0.15, 0.2) is 0 Å². The molecule has 0 aromatic heterocycles. The van der Waals surface area contributed by atoms with Gasteiger partial charge in [-0.15, -0.1) is 0 Å². The van der Waals surface area contributed by atoms with Gasteiger partial charge in [-0.05, 0) is 30.2 Å². The van der Waals surface area contributed by atoms with Crippen molar-refractivity contribution >= 4 is 21.6 Å². The fourth-order valence-corrected chi connectivity index (χ4v) is 3.78. The van der Waals surface area contributed by atoms with Crippen LogP contribution in [0.4, 0.5) is 18.9 Å². The SMILES string of the molecule is CS(=O)(=O)N(CCCC(=O)NCCOCc1ccccc1)c1cccc(C(F)(F)F)c1. The Morgan fingerprint density at radius 2 is 1.81 bits per heavy atom. The molecule has 2 aromatic rings. The van der Waals surface area contributed by atoms with Crippen LogP contribution in [-0.4, -0.2) is 40.3 Å². The van der Waals surface area contributed by atoms with E-state index >= 15 is 0 Å². The Kier molecular flexibility index (Phi) is 8.88. The van der Waals surface area contributed by atoms with Gasteiger partial charge in [-0.3, -0.25) is 9.10 Å². The second-order valence-electron chi connectivity index (χ2n) is 6.87. The number of hydrogen-bond acceptors (Lipinski definition) is 4. The number of nitrogens with zero attached hydrogens (tertiary/aromatic N) is 1. The van der Waals surface area contributed by atoms with Gasteiger partial charge in [0.25, 0.3) is 0 Å². The summed E-state index contributed by atoms with van der Waals surface area (Å²) in [4.78, 5) is 11.9. The highest BCUT2D eigenvalue weighted by atomic mass is 32.2. The highest BCUT2D eigenvalue weighted by Crippen LogP contribution is 2.32. The van der Waals surface area contributed by atoms with Gasteiger partial charge in [-0.1, -0.05) is 36.4 Å². The van der Waals surface area contributed by atoms with Crippen molar-refractivity contribution in [3.63, 3.8) is 0 Å². The summed E-state index contributed by atoms with van der Waals surface area (Å²) < 4.78 is 69.2. The second-order valence-corrected chi connectivity index (χ2v) is 8.78. The molecule has 0 bridgehead atoms. The molecule has 0 saturated heterocycles. The van der Waals surface area contributed by atoms with Crippen LogP contribution >= 0.6 is 0 Å². The van der Waals surface area contributed by atoms with Gasteiger partial charge in [0, 0.05) is 19.5 Å². The lowest BCUT2D eigenvalue weighted by Gasteiger charge is -2.23. The summed E-state index contributed by atoms with van der Waals surface area (Å²) in [7, 11) is -3.81. The largest absolute Gasteiger partial charge is 0.416 e. The molecule has 31 heavy (non-hydrogen) atoms. The van der Waals surface area contributed by atoms with Crippen LogP contribution in [0.2, 0.25) is 0 Å². The molecule has 6 nitrogen and oxygen atoms in total. The monoisotopic (exact) mass is 458 g/mol. The van der Waals surface area contributed by atoms with Crippen molar-refractivity contribution in [3.05, 3.63) is 65.7 Å². The van der Waals surface area contributed by atoms with Crippen molar-refractivity contribution in [2.45, 2.75) is 25.6 Å². The zero-order valence-corrected chi connectivity index (χ0v) is 17.9. The Morgan fingerprint density at radius 3 is 2.45 bits per heavy atom. The van der Waals surface area contributed by atoms with Crippen LogP contribution in [0.1, 0.15) is 24.0 Å². The lowest BCUT2D eigenvalue weighted by molar-refractivity contribution is -0.137. The Morgan fingerprint density at radius 1 is 1.10 bits per heavy atom. The van der Waals surface area contributed by atoms with Crippen LogP contribution in [0, 0.1) is 0 Å². The number of hydrogen-bond donors (Lipinski definition) is 1. The molecule has 0 fully saturated rings. The molecule has 1 amide bonds. The first-order chi connectivity index (χ1) is 14.6. The predicted octanol–water partition coefficient (Wildman–Crippen LogP) is 3.58. The number of amides is 1. The molecular weight excluding hydrogens is 433 g/mol. The number of alkyl halides is 3. The summed E-state index contributed by atoms with van der Waals surface area (Å²) >= 11 is 0. The summed E-state index contributed by atoms with van der Waals surface area (Å²) in [6.45, 7) is 0.935. The third kappa shape index (κ3) is 8.58. The van der Waals surface area contributed by atoms with Gasteiger partial charge in [0.1, 0.15) is 0 Å². The average molecular weight is 459 g/mol. The number of carbonyl (C=O) groups excluding carboxylic acids is 1.